The van der Waals surface area contributed by atoms with E-state index in [0.717, 1.165) is 109 Å². The van der Waals surface area contributed by atoms with Gasteiger partial charge in [-0.25, -0.2) is 0 Å². The fourth-order valence-electron chi connectivity index (χ4n) is 5.56. The first-order valence-corrected chi connectivity index (χ1v) is 24.0. The van der Waals surface area contributed by atoms with E-state index in [1.165, 1.54) is 0 Å². The molecule has 348 valence electrons. The van der Waals surface area contributed by atoms with Gasteiger partial charge < -0.3 is 14.2 Å². The van der Waals surface area contributed by atoms with Crippen molar-refractivity contribution < 1.29 is 28.6 Å². The summed E-state index contributed by atoms with van der Waals surface area (Å²) in [5.74, 6) is -1.19. The van der Waals surface area contributed by atoms with Gasteiger partial charge in [0.25, 0.3) is 0 Å². The molecule has 1 atom stereocenters. The van der Waals surface area contributed by atoms with Crippen molar-refractivity contribution in [2.24, 2.45) is 0 Å². The van der Waals surface area contributed by atoms with E-state index in [2.05, 4.69) is 167 Å². The number of carbonyl (C=O) groups is 3. The molecule has 0 saturated carbocycles. The highest BCUT2D eigenvalue weighted by Gasteiger charge is 2.19. The average molecular weight is 865 g/mol. The first kappa shape index (κ1) is 58.0. The summed E-state index contributed by atoms with van der Waals surface area (Å²) in [6.07, 6.45) is 72.6. The van der Waals surface area contributed by atoms with E-state index in [4.69, 9.17) is 14.2 Å². The van der Waals surface area contributed by atoms with Crippen LogP contribution in [0.1, 0.15) is 162 Å². The molecule has 0 N–H and O–H groups in total. The molecule has 0 aromatic heterocycles. The topological polar surface area (TPSA) is 78.9 Å². The van der Waals surface area contributed by atoms with Gasteiger partial charge in [-0.15, -0.1) is 0 Å². The molecule has 0 aliphatic carbocycles. The van der Waals surface area contributed by atoms with Gasteiger partial charge in [-0.2, -0.15) is 0 Å². The van der Waals surface area contributed by atoms with Gasteiger partial charge >= 0.3 is 17.9 Å². The van der Waals surface area contributed by atoms with Crippen molar-refractivity contribution in [3.05, 3.63) is 158 Å². The van der Waals surface area contributed by atoms with Crippen LogP contribution in [0.2, 0.25) is 0 Å². The Balaban J connectivity index is 4.69. The maximum absolute atomic E-state index is 12.7. The van der Waals surface area contributed by atoms with Gasteiger partial charge in [0.2, 0.25) is 0 Å². The van der Waals surface area contributed by atoms with Crippen molar-refractivity contribution in [1.82, 2.24) is 0 Å². The molecule has 0 aromatic carbocycles. The lowest BCUT2D eigenvalue weighted by Gasteiger charge is -2.18. The SMILES string of the molecule is CC/C=C\C/C=C\C/C=C\C/C=C\C/C=C\CCCC(=O)OCC(COC(=O)CCCCC/C=C\C/C=C\C/C=C\CC)OC(=O)C/C=C\C/C=C\C/C=C\C/C=C\C/C=C\CC. The molecule has 0 amide bonds. The lowest BCUT2D eigenvalue weighted by molar-refractivity contribution is -0.166. The van der Waals surface area contributed by atoms with Crippen molar-refractivity contribution in [3.63, 3.8) is 0 Å². The summed E-state index contributed by atoms with van der Waals surface area (Å²) >= 11 is 0. The molecule has 0 saturated heterocycles. The summed E-state index contributed by atoms with van der Waals surface area (Å²) in [6, 6.07) is 0. The molecule has 0 rings (SSSR count). The summed E-state index contributed by atoms with van der Waals surface area (Å²) < 4.78 is 16.6. The molecule has 0 spiro atoms. The van der Waals surface area contributed by atoms with Crippen LogP contribution in [0.4, 0.5) is 0 Å². The Kier molecular flexibility index (Phi) is 45.8. The van der Waals surface area contributed by atoms with Crippen LogP contribution in [0.5, 0.6) is 0 Å². The van der Waals surface area contributed by atoms with Gasteiger partial charge in [0.15, 0.2) is 6.10 Å². The second-order valence-corrected chi connectivity index (χ2v) is 14.9. The number of allylic oxidation sites excluding steroid dienone is 25. The second kappa shape index (κ2) is 49.7. The van der Waals surface area contributed by atoms with Gasteiger partial charge in [0.05, 0.1) is 6.42 Å². The number of hydrogen-bond acceptors (Lipinski definition) is 6. The Bertz CT molecular complexity index is 1510. The van der Waals surface area contributed by atoms with Crippen molar-refractivity contribution in [2.75, 3.05) is 13.2 Å². The number of unbranched alkanes of at least 4 members (excludes halogenated alkanes) is 4. The van der Waals surface area contributed by atoms with E-state index in [0.29, 0.717) is 12.8 Å². The monoisotopic (exact) mass is 865 g/mol. The fraction of sp³-hybridized carbons (Fsp3) is 0.491. The summed E-state index contributed by atoms with van der Waals surface area (Å²) in [6.45, 7) is 6.09. The van der Waals surface area contributed by atoms with Crippen molar-refractivity contribution >= 4 is 17.9 Å². The highest BCUT2D eigenvalue weighted by atomic mass is 16.6. The van der Waals surface area contributed by atoms with Crippen molar-refractivity contribution in [3.8, 4) is 0 Å². The van der Waals surface area contributed by atoms with E-state index in [-0.39, 0.29) is 44.4 Å². The Morgan fingerprint density at radius 1 is 0.333 bits per heavy atom. The normalized spacial score (nSPS) is 13.5. The zero-order chi connectivity index (χ0) is 45.8. The summed E-state index contributed by atoms with van der Waals surface area (Å²) in [7, 11) is 0. The molecule has 0 fully saturated rings. The molecular weight excluding hydrogens is 781 g/mol. The predicted molar refractivity (Wildman–Crippen MR) is 269 cm³/mol. The minimum atomic E-state index is -0.874. The zero-order valence-electron chi connectivity index (χ0n) is 39.5. The van der Waals surface area contributed by atoms with Gasteiger partial charge in [-0.3, -0.25) is 14.4 Å². The predicted octanol–water partition coefficient (Wildman–Crippen LogP) is 15.9. The van der Waals surface area contributed by atoms with E-state index in [1.54, 1.807) is 6.08 Å². The molecule has 0 radical (unpaired) electrons. The van der Waals surface area contributed by atoms with Crippen LogP contribution in [0.3, 0.4) is 0 Å². The van der Waals surface area contributed by atoms with Crippen LogP contribution in [-0.2, 0) is 28.6 Å². The van der Waals surface area contributed by atoms with Crippen LogP contribution in [0.15, 0.2) is 158 Å². The Morgan fingerprint density at radius 3 is 1.00 bits per heavy atom. The maximum atomic E-state index is 12.7. The Labute approximate surface area is 384 Å². The van der Waals surface area contributed by atoms with E-state index < -0.39 is 12.1 Å². The lowest BCUT2D eigenvalue weighted by Crippen LogP contribution is -2.30. The smallest absolute Gasteiger partial charge is 0.310 e. The number of rotatable bonds is 40. The molecule has 1 unspecified atom stereocenters. The molecule has 0 heterocycles. The number of hydrogen-bond donors (Lipinski definition) is 0. The first-order valence-electron chi connectivity index (χ1n) is 24.0. The zero-order valence-corrected chi connectivity index (χ0v) is 39.5. The van der Waals surface area contributed by atoms with Crippen LogP contribution in [0, 0.1) is 0 Å². The van der Waals surface area contributed by atoms with E-state index in [9.17, 15) is 14.4 Å². The highest BCUT2D eigenvalue weighted by Crippen LogP contribution is 2.09. The minimum absolute atomic E-state index is 0.0696. The third-order valence-electron chi connectivity index (χ3n) is 9.04. The molecule has 0 bridgehead atoms. The third kappa shape index (κ3) is 47.9. The summed E-state index contributed by atoms with van der Waals surface area (Å²) in [5.41, 5.74) is 0. The van der Waals surface area contributed by atoms with Crippen LogP contribution in [0.25, 0.3) is 0 Å². The molecule has 6 heteroatoms. The maximum Gasteiger partial charge on any atom is 0.310 e. The highest BCUT2D eigenvalue weighted by molar-refractivity contribution is 5.72. The lowest BCUT2D eigenvalue weighted by atomic mass is 10.1. The van der Waals surface area contributed by atoms with Crippen LogP contribution in [-0.4, -0.2) is 37.2 Å². The summed E-state index contributed by atoms with van der Waals surface area (Å²) in [5, 5.41) is 0. The van der Waals surface area contributed by atoms with Gasteiger partial charge in [-0.05, 0) is 116 Å². The Morgan fingerprint density at radius 2 is 0.635 bits per heavy atom. The van der Waals surface area contributed by atoms with Crippen LogP contribution < -0.4 is 0 Å². The molecule has 6 nitrogen and oxygen atoms in total. The quantitative estimate of drug-likeness (QED) is 0.0264. The van der Waals surface area contributed by atoms with Gasteiger partial charge in [0.1, 0.15) is 13.2 Å². The third-order valence-corrected chi connectivity index (χ3v) is 9.04. The molecule has 0 aromatic rings. The number of esters is 3. The van der Waals surface area contributed by atoms with Gasteiger partial charge in [-0.1, -0.05) is 185 Å². The molecule has 0 aliphatic rings. The van der Waals surface area contributed by atoms with Crippen molar-refractivity contribution in [2.45, 2.75) is 168 Å². The molecule has 63 heavy (non-hydrogen) atoms. The van der Waals surface area contributed by atoms with Crippen LogP contribution >= 0.6 is 0 Å². The van der Waals surface area contributed by atoms with E-state index >= 15 is 0 Å². The fourth-order valence-corrected chi connectivity index (χ4v) is 5.56. The average Bonchev–Trinajstić information content (AvgIpc) is 3.28. The molecule has 0 aliphatic heterocycles. The summed E-state index contributed by atoms with van der Waals surface area (Å²) in [4.78, 5) is 37.8. The van der Waals surface area contributed by atoms with Gasteiger partial charge in [0, 0.05) is 12.8 Å². The first-order chi connectivity index (χ1) is 31.0. The second-order valence-electron chi connectivity index (χ2n) is 14.9. The standard InChI is InChI=1S/C57H84O6/c1-4-7-10-13-16-19-22-25-27-28-30-32-35-38-41-44-47-50-56(59)62-53-54(52-61-55(58)49-46-43-40-37-34-31-24-21-18-15-12-9-6-3)63-57(60)51-48-45-42-39-36-33-29-26-23-20-17-14-11-8-5-2/h7-12,16-21,25-27,29-32,34,36,38-39,41,45,48,54H,4-6,13-15,22-24,28,33,35,37,40,42-44,46-47,49-53H2,1-3H3/b10-7-,11-8-,12-9-,19-16-,20-17-,21-18-,27-25-,29-26-,32-30-,34-31-,39-36-,41-38-,48-45-. The molecular formula is C57H84O6. The number of ether oxygens (including phenoxy) is 3. The number of carbonyl (C=O) groups excluding carboxylic acids is 3. The van der Waals surface area contributed by atoms with Crippen molar-refractivity contribution in [1.29, 1.82) is 0 Å². The Hall–Kier alpha value is -4.97. The minimum Gasteiger partial charge on any atom is -0.462 e. The largest absolute Gasteiger partial charge is 0.462 e. The van der Waals surface area contributed by atoms with E-state index in [1.807, 2.05) is 6.08 Å².